The monoisotopic (exact) mass is 350 g/mol. The van der Waals surface area contributed by atoms with Crippen LogP contribution in [0.2, 0.25) is 0 Å². The lowest BCUT2D eigenvalue weighted by Crippen LogP contribution is -2.05. The van der Waals surface area contributed by atoms with E-state index in [1.54, 1.807) is 11.8 Å². The summed E-state index contributed by atoms with van der Waals surface area (Å²) in [5.74, 6) is 0.219. The number of carbonyl (C=O) groups is 1. The molecule has 1 nitrogen and oxygen atoms in total. The molecule has 15 heavy (non-hydrogen) atoms. The summed E-state index contributed by atoms with van der Waals surface area (Å²) < 4.78 is 0. The lowest BCUT2D eigenvalue weighted by molar-refractivity contribution is -0.115. The summed E-state index contributed by atoms with van der Waals surface area (Å²) in [5, 5.41) is 1.26. The molecular formula is C11H12Br2OS. The van der Waals surface area contributed by atoms with E-state index in [-0.39, 0.29) is 5.78 Å². The molecule has 0 N–H and O–H groups in total. The van der Waals surface area contributed by atoms with Crippen LogP contribution in [0.5, 0.6) is 0 Å². The fourth-order valence-electron chi connectivity index (χ4n) is 1.40. The van der Waals surface area contributed by atoms with Crippen molar-refractivity contribution in [3.63, 3.8) is 0 Å². The average Bonchev–Trinajstić information content (AvgIpc) is 2.28. The number of ketones is 1. The lowest BCUT2D eigenvalue weighted by atomic mass is 10.1. The van der Waals surface area contributed by atoms with Gasteiger partial charge in [0.25, 0.3) is 0 Å². The zero-order chi connectivity index (χ0) is 11.3. The van der Waals surface area contributed by atoms with Gasteiger partial charge < -0.3 is 0 Å². The van der Waals surface area contributed by atoms with Crippen molar-refractivity contribution in [3.05, 3.63) is 29.3 Å². The van der Waals surface area contributed by atoms with Crippen molar-refractivity contribution in [1.29, 1.82) is 0 Å². The first kappa shape index (κ1) is 13.3. The number of hydrogen-bond donors (Lipinski definition) is 0. The highest BCUT2D eigenvalue weighted by atomic mass is 79.9. The van der Waals surface area contributed by atoms with Crippen LogP contribution in [0.3, 0.4) is 0 Å². The quantitative estimate of drug-likeness (QED) is 0.592. The third kappa shape index (κ3) is 3.61. The van der Waals surface area contributed by atoms with Gasteiger partial charge in [0.05, 0.1) is 5.33 Å². The van der Waals surface area contributed by atoms with Gasteiger partial charge in [-0.05, 0) is 17.4 Å². The lowest BCUT2D eigenvalue weighted by Gasteiger charge is -2.10. The molecule has 0 unspecified atom stereocenters. The van der Waals surface area contributed by atoms with Crippen LogP contribution in [-0.4, -0.2) is 17.4 Å². The van der Waals surface area contributed by atoms with Crippen LogP contribution in [0.1, 0.15) is 11.1 Å². The molecule has 0 aliphatic carbocycles. The fourth-order valence-corrected chi connectivity index (χ4v) is 3.06. The summed E-state index contributed by atoms with van der Waals surface area (Å²) in [6.07, 6.45) is 2.56. The van der Waals surface area contributed by atoms with Gasteiger partial charge in [-0.25, -0.2) is 0 Å². The Balaban J connectivity index is 3.00. The van der Waals surface area contributed by atoms with Crippen LogP contribution in [0, 0.1) is 0 Å². The minimum atomic E-state index is 0.219. The highest BCUT2D eigenvalue weighted by molar-refractivity contribution is 9.09. The van der Waals surface area contributed by atoms with Crippen LogP contribution in [0.25, 0.3) is 0 Å². The molecule has 1 rings (SSSR count). The molecule has 0 radical (unpaired) electrons. The Morgan fingerprint density at radius 1 is 1.33 bits per heavy atom. The molecule has 1 aromatic rings. The maximum absolute atomic E-state index is 11.4. The molecule has 0 heterocycles. The summed E-state index contributed by atoms with van der Waals surface area (Å²) in [6.45, 7) is 0. The van der Waals surface area contributed by atoms with Crippen LogP contribution in [0.15, 0.2) is 23.1 Å². The zero-order valence-corrected chi connectivity index (χ0v) is 12.4. The maximum atomic E-state index is 11.4. The van der Waals surface area contributed by atoms with Gasteiger partial charge in [0, 0.05) is 16.6 Å². The van der Waals surface area contributed by atoms with E-state index in [0.29, 0.717) is 11.8 Å². The molecule has 0 amide bonds. The Labute approximate surface area is 111 Å². The number of benzene rings is 1. The van der Waals surface area contributed by atoms with E-state index in [9.17, 15) is 4.79 Å². The first-order valence-corrected chi connectivity index (χ1v) is 7.98. The van der Waals surface area contributed by atoms with Gasteiger partial charge in [-0.1, -0.05) is 50.1 Å². The molecule has 82 valence electrons. The van der Waals surface area contributed by atoms with Gasteiger partial charge in [0.2, 0.25) is 0 Å². The van der Waals surface area contributed by atoms with Gasteiger partial charge in [-0.2, -0.15) is 0 Å². The summed E-state index contributed by atoms with van der Waals surface area (Å²) in [7, 11) is 0. The number of thioether (sulfide) groups is 1. The minimum Gasteiger partial charge on any atom is -0.298 e. The molecule has 0 spiro atoms. The van der Waals surface area contributed by atoms with E-state index in [1.165, 1.54) is 10.5 Å². The average molecular weight is 352 g/mol. The van der Waals surface area contributed by atoms with Crippen LogP contribution in [-0.2, 0) is 16.5 Å². The van der Waals surface area contributed by atoms with Crippen molar-refractivity contribution in [2.24, 2.45) is 0 Å². The molecule has 0 saturated carbocycles. The second-order valence-corrected chi connectivity index (χ2v) is 5.03. The first-order chi connectivity index (χ1) is 7.22. The summed E-state index contributed by atoms with van der Waals surface area (Å²) in [6, 6.07) is 6.12. The predicted octanol–water partition coefficient (Wildman–Crippen LogP) is 3.81. The second kappa shape index (κ2) is 6.71. The third-order valence-corrected chi connectivity index (χ3v) is 4.23. The van der Waals surface area contributed by atoms with Gasteiger partial charge in [0.1, 0.15) is 5.78 Å². The zero-order valence-electron chi connectivity index (χ0n) is 8.43. The molecule has 0 aromatic heterocycles. The Kier molecular flexibility index (Phi) is 5.94. The largest absolute Gasteiger partial charge is 0.298 e. The summed E-state index contributed by atoms with van der Waals surface area (Å²) >= 11 is 8.35. The Morgan fingerprint density at radius 3 is 2.53 bits per heavy atom. The number of alkyl halides is 2. The number of rotatable bonds is 5. The van der Waals surface area contributed by atoms with Gasteiger partial charge >= 0.3 is 0 Å². The van der Waals surface area contributed by atoms with E-state index in [4.69, 9.17) is 0 Å². The SMILES string of the molecule is CSc1c(CBr)cccc1CC(=O)CBr. The number of hydrogen-bond acceptors (Lipinski definition) is 2. The summed E-state index contributed by atoms with van der Waals surface area (Å²) in [5.41, 5.74) is 2.38. The van der Waals surface area contributed by atoms with E-state index in [1.807, 2.05) is 18.4 Å². The standard InChI is InChI=1S/C11H12Br2OS/c1-15-11-8(5-10(14)7-13)3-2-4-9(11)6-12/h2-4H,5-7H2,1H3. The van der Waals surface area contributed by atoms with Gasteiger partial charge in [-0.15, -0.1) is 11.8 Å². The smallest absolute Gasteiger partial charge is 0.147 e. The number of carbonyl (C=O) groups excluding carboxylic acids is 1. The van der Waals surface area contributed by atoms with E-state index in [0.717, 1.165) is 10.9 Å². The van der Waals surface area contributed by atoms with E-state index in [2.05, 4.69) is 37.9 Å². The second-order valence-electron chi connectivity index (χ2n) is 3.09. The van der Waals surface area contributed by atoms with Crippen molar-refractivity contribution in [1.82, 2.24) is 0 Å². The molecule has 0 saturated heterocycles. The normalized spacial score (nSPS) is 10.3. The Morgan fingerprint density at radius 2 is 2.00 bits per heavy atom. The molecule has 0 bridgehead atoms. The first-order valence-electron chi connectivity index (χ1n) is 4.51. The predicted molar refractivity (Wildman–Crippen MR) is 73.4 cm³/mol. The molecule has 0 atom stereocenters. The Hall–Kier alpha value is 0.200. The molecule has 0 aliphatic rings. The van der Waals surface area contributed by atoms with Crippen LogP contribution < -0.4 is 0 Å². The third-order valence-electron chi connectivity index (χ3n) is 2.06. The van der Waals surface area contributed by atoms with E-state index >= 15 is 0 Å². The minimum absolute atomic E-state index is 0.219. The van der Waals surface area contributed by atoms with Crippen molar-refractivity contribution in [3.8, 4) is 0 Å². The molecule has 0 aliphatic heterocycles. The molecular weight excluding hydrogens is 340 g/mol. The highest BCUT2D eigenvalue weighted by Crippen LogP contribution is 2.27. The van der Waals surface area contributed by atoms with Crippen molar-refractivity contribution >= 4 is 49.4 Å². The number of Topliss-reactive ketones (excluding diaryl/α,β-unsaturated/α-hetero) is 1. The topological polar surface area (TPSA) is 17.1 Å². The van der Waals surface area contributed by atoms with E-state index < -0.39 is 0 Å². The van der Waals surface area contributed by atoms with Crippen molar-refractivity contribution < 1.29 is 4.79 Å². The van der Waals surface area contributed by atoms with Crippen LogP contribution in [0.4, 0.5) is 0 Å². The van der Waals surface area contributed by atoms with Crippen LogP contribution >= 0.6 is 43.6 Å². The molecule has 1 aromatic carbocycles. The fraction of sp³-hybridized carbons (Fsp3) is 0.364. The van der Waals surface area contributed by atoms with Crippen molar-refractivity contribution in [2.75, 3.05) is 11.6 Å². The van der Waals surface area contributed by atoms with Gasteiger partial charge in [-0.3, -0.25) is 4.79 Å². The van der Waals surface area contributed by atoms with Crippen molar-refractivity contribution in [2.45, 2.75) is 16.6 Å². The summed E-state index contributed by atoms with van der Waals surface area (Å²) in [4.78, 5) is 12.6. The Bertz CT molecular complexity index is 352. The number of halogens is 2. The van der Waals surface area contributed by atoms with Gasteiger partial charge in [0.15, 0.2) is 0 Å². The molecule has 4 heteroatoms. The maximum Gasteiger partial charge on any atom is 0.147 e. The highest BCUT2D eigenvalue weighted by Gasteiger charge is 2.09. The molecule has 0 fully saturated rings.